The number of fused-ring (bicyclic) bond motifs is 1. The Labute approximate surface area is 119 Å². The van der Waals surface area contributed by atoms with E-state index in [0.717, 1.165) is 24.0 Å². The number of hydrogen-bond donors (Lipinski definition) is 1. The van der Waals surface area contributed by atoms with Crippen LogP contribution in [0.1, 0.15) is 31.2 Å². The molecule has 0 saturated heterocycles. The number of hydrogen-bond acceptors (Lipinski definition) is 1. The number of aromatic nitrogens is 1. The van der Waals surface area contributed by atoms with Crippen LogP contribution in [0.5, 0.6) is 0 Å². The molecule has 1 fully saturated rings. The van der Waals surface area contributed by atoms with E-state index >= 15 is 0 Å². The predicted octanol–water partition coefficient (Wildman–Crippen LogP) is 4.20. The monoisotopic (exact) mass is 276 g/mol. The van der Waals surface area contributed by atoms with Crippen LogP contribution in [0, 0.1) is 5.92 Å². The van der Waals surface area contributed by atoms with E-state index in [1.807, 2.05) is 13.1 Å². The molecular weight excluding hydrogens is 256 g/mol. The van der Waals surface area contributed by atoms with Crippen LogP contribution in [0.15, 0.2) is 24.4 Å². The minimum Gasteiger partial charge on any atom is -0.347 e. The molecule has 0 atom stereocenters. The molecule has 0 bridgehead atoms. The fourth-order valence-electron chi connectivity index (χ4n) is 3.29. The number of nitrogens with one attached hydrogen (secondary N) is 1. The molecule has 2 aromatic rings. The highest BCUT2D eigenvalue weighted by Crippen LogP contribution is 2.30. The van der Waals surface area contributed by atoms with Crippen LogP contribution in [-0.2, 0) is 13.1 Å². The summed E-state index contributed by atoms with van der Waals surface area (Å²) in [4.78, 5) is 0. The van der Waals surface area contributed by atoms with Gasteiger partial charge in [-0.2, -0.15) is 0 Å². The van der Waals surface area contributed by atoms with Gasteiger partial charge in [-0.3, -0.25) is 0 Å². The van der Waals surface area contributed by atoms with Crippen molar-refractivity contribution < 1.29 is 0 Å². The average molecular weight is 277 g/mol. The molecule has 2 nitrogen and oxygen atoms in total. The van der Waals surface area contributed by atoms with Gasteiger partial charge in [0.1, 0.15) is 0 Å². The first-order valence-electron chi connectivity index (χ1n) is 7.20. The number of halogens is 1. The molecule has 1 N–H and O–H groups in total. The zero-order valence-electron chi connectivity index (χ0n) is 11.5. The molecule has 1 aromatic carbocycles. The molecule has 0 unspecified atom stereocenters. The van der Waals surface area contributed by atoms with Gasteiger partial charge in [0.2, 0.25) is 0 Å². The molecule has 0 radical (unpaired) electrons. The highest BCUT2D eigenvalue weighted by Gasteiger charge is 2.17. The van der Waals surface area contributed by atoms with E-state index in [1.54, 1.807) is 0 Å². The Balaban J connectivity index is 1.99. The summed E-state index contributed by atoms with van der Waals surface area (Å²) >= 11 is 6.16. The summed E-state index contributed by atoms with van der Waals surface area (Å²) in [5, 5.41) is 5.41. The van der Waals surface area contributed by atoms with Gasteiger partial charge < -0.3 is 9.88 Å². The first kappa shape index (κ1) is 13.0. The van der Waals surface area contributed by atoms with Crippen molar-refractivity contribution in [3.05, 3.63) is 35.0 Å². The van der Waals surface area contributed by atoms with E-state index in [-0.39, 0.29) is 0 Å². The zero-order valence-corrected chi connectivity index (χ0v) is 12.2. The van der Waals surface area contributed by atoms with E-state index < -0.39 is 0 Å². The van der Waals surface area contributed by atoms with Crippen molar-refractivity contribution in [2.75, 3.05) is 7.05 Å². The minimum absolute atomic E-state index is 0.828. The van der Waals surface area contributed by atoms with Gasteiger partial charge in [0.05, 0.1) is 0 Å². The molecule has 3 heteroatoms. The molecule has 3 rings (SSSR count). The van der Waals surface area contributed by atoms with Gasteiger partial charge in [0, 0.05) is 35.2 Å². The van der Waals surface area contributed by atoms with Crippen LogP contribution < -0.4 is 5.32 Å². The van der Waals surface area contributed by atoms with E-state index in [4.69, 9.17) is 11.6 Å². The summed E-state index contributed by atoms with van der Waals surface area (Å²) < 4.78 is 2.41. The zero-order chi connectivity index (χ0) is 13.2. The van der Waals surface area contributed by atoms with Crippen molar-refractivity contribution in [3.63, 3.8) is 0 Å². The lowest BCUT2D eigenvalue weighted by Gasteiger charge is -2.11. The third kappa shape index (κ3) is 2.65. The lowest BCUT2D eigenvalue weighted by Crippen LogP contribution is -2.07. The lowest BCUT2D eigenvalue weighted by atomic mass is 10.1. The van der Waals surface area contributed by atoms with Crippen molar-refractivity contribution in [1.82, 2.24) is 9.88 Å². The second kappa shape index (κ2) is 5.56. The molecular formula is C16H21ClN2. The summed E-state index contributed by atoms with van der Waals surface area (Å²) in [5.41, 5.74) is 2.65. The van der Waals surface area contributed by atoms with Gasteiger partial charge in [-0.15, -0.1) is 0 Å². The molecule has 0 spiro atoms. The highest BCUT2D eigenvalue weighted by atomic mass is 35.5. The van der Waals surface area contributed by atoms with Gasteiger partial charge >= 0.3 is 0 Å². The normalized spacial score (nSPS) is 16.5. The Morgan fingerprint density at radius 3 is 2.84 bits per heavy atom. The average Bonchev–Trinajstić information content (AvgIpc) is 3.00. The van der Waals surface area contributed by atoms with E-state index in [1.165, 1.54) is 42.1 Å². The van der Waals surface area contributed by atoms with Gasteiger partial charge in [-0.25, -0.2) is 0 Å². The van der Waals surface area contributed by atoms with Gasteiger partial charge in [0.25, 0.3) is 0 Å². The first-order valence-corrected chi connectivity index (χ1v) is 7.57. The van der Waals surface area contributed by atoms with Crippen LogP contribution in [0.3, 0.4) is 0 Å². The van der Waals surface area contributed by atoms with Crippen LogP contribution in [0.4, 0.5) is 0 Å². The molecule has 1 saturated carbocycles. The lowest BCUT2D eigenvalue weighted by molar-refractivity contribution is 0.465. The Morgan fingerprint density at radius 1 is 1.32 bits per heavy atom. The van der Waals surface area contributed by atoms with Crippen LogP contribution >= 0.6 is 11.6 Å². The molecule has 1 heterocycles. The van der Waals surface area contributed by atoms with Gasteiger partial charge in [-0.05, 0) is 43.5 Å². The Bertz CT molecular complexity index is 567. The standard InChI is InChI=1S/C16H21ClN2/c1-18-9-13-11-19(10-12-4-2-3-5-12)16-8-14(17)6-7-15(13)16/h6-8,11-12,18H,2-5,9-10H2,1H3. The fraction of sp³-hybridized carbons (Fsp3) is 0.500. The quantitative estimate of drug-likeness (QED) is 0.885. The minimum atomic E-state index is 0.828. The second-order valence-electron chi connectivity index (χ2n) is 5.65. The molecule has 0 amide bonds. The Kier molecular flexibility index (Phi) is 3.81. The molecule has 1 aliphatic rings. The van der Waals surface area contributed by atoms with Crippen molar-refractivity contribution in [3.8, 4) is 0 Å². The summed E-state index contributed by atoms with van der Waals surface area (Å²) in [5.74, 6) is 0.844. The highest BCUT2D eigenvalue weighted by molar-refractivity contribution is 6.31. The van der Waals surface area contributed by atoms with E-state index in [2.05, 4.69) is 28.2 Å². The number of rotatable bonds is 4. The van der Waals surface area contributed by atoms with Crippen LogP contribution in [0.2, 0.25) is 5.02 Å². The SMILES string of the molecule is CNCc1cn(CC2CCCC2)c2cc(Cl)ccc12. The van der Waals surface area contributed by atoms with Crippen molar-refractivity contribution in [2.45, 2.75) is 38.8 Å². The van der Waals surface area contributed by atoms with Crippen LogP contribution in [-0.4, -0.2) is 11.6 Å². The smallest absolute Gasteiger partial charge is 0.0498 e. The Hall–Kier alpha value is -0.990. The third-order valence-corrected chi connectivity index (χ3v) is 4.46. The predicted molar refractivity (Wildman–Crippen MR) is 81.7 cm³/mol. The maximum Gasteiger partial charge on any atom is 0.0498 e. The van der Waals surface area contributed by atoms with E-state index in [9.17, 15) is 0 Å². The van der Waals surface area contributed by atoms with Crippen LogP contribution in [0.25, 0.3) is 10.9 Å². The summed E-state index contributed by atoms with van der Waals surface area (Å²) in [6.07, 6.45) is 7.85. The van der Waals surface area contributed by atoms with Crippen molar-refractivity contribution in [2.24, 2.45) is 5.92 Å². The fourth-order valence-corrected chi connectivity index (χ4v) is 3.46. The largest absolute Gasteiger partial charge is 0.347 e. The molecule has 102 valence electrons. The molecule has 1 aromatic heterocycles. The molecule has 1 aliphatic carbocycles. The van der Waals surface area contributed by atoms with Crippen molar-refractivity contribution >= 4 is 22.5 Å². The summed E-state index contributed by atoms with van der Waals surface area (Å²) in [7, 11) is 2.00. The second-order valence-corrected chi connectivity index (χ2v) is 6.09. The topological polar surface area (TPSA) is 17.0 Å². The first-order chi connectivity index (χ1) is 9.28. The molecule has 0 aliphatic heterocycles. The van der Waals surface area contributed by atoms with Gasteiger partial charge in [-0.1, -0.05) is 30.5 Å². The number of benzene rings is 1. The summed E-state index contributed by atoms with van der Waals surface area (Å²) in [6, 6.07) is 6.24. The summed E-state index contributed by atoms with van der Waals surface area (Å²) in [6.45, 7) is 2.05. The molecule has 19 heavy (non-hydrogen) atoms. The third-order valence-electron chi connectivity index (χ3n) is 4.22. The van der Waals surface area contributed by atoms with E-state index in [0.29, 0.717) is 0 Å². The number of nitrogens with zero attached hydrogens (tertiary/aromatic N) is 1. The maximum absolute atomic E-state index is 6.16. The van der Waals surface area contributed by atoms with Gasteiger partial charge in [0.15, 0.2) is 0 Å². The van der Waals surface area contributed by atoms with Crippen molar-refractivity contribution in [1.29, 1.82) is 0 Å². The maximum atomic E-state index is 6.16. The Morgan fingerprint density at radius 2 is 2.11 bits per heavy atom.